The molecule has 0 bridgehead atoms. The van der Waals surface area contributed by atoms with E-state index >= 15 is 0 Å². The highest BCUT2D eigenvalue weighted by atomic mass is 31.2. The molecule has 0 heterocycles. The molecule has 0 aliphatic heterocycles. The molecule has 0 radical (unpaired) electrons. The second-order valence-corrected chi connectivity index (χ2v) is 18.0. The third-order valence-electron chi connectivity index (χ3n) is 10.5. The quantitative estimate of drug-likeness (QED) is 0.0230. The fourth-order valence-corrected chi connectivity index (χ4v) is 7.43. The van der Waals surface area contributed by atoms with E-state index in [0.717, 1.165) is 64.2 Å². The van der Waals surface area contributed by atoms with Crippen LogP contribution in [0.3, 0.4) is 0 Å². The van der Waals surface area contributed by atoms with E-state index < -0.39 is 51.1 Å². The van der Waals surface area contributed by atoms with Gasteiger partial charge in [-0.3, -0.25) is 23.4 Å². The van der Waals surface area contributed by atoms with Crippen molar-refractivity contribution in [3.63, 3.8) is 0 Å². The van der Waals surface area contributed by atoms with Crippen molar-refractivity contribution in [1.82, 2.24) is 0 Å². The summed E-state index contributed by atoms with van der Waals surface area (Å²) in [6.07, 6.45) is 51.6. The Morgan fingerprint density at radius 3 is 1.26 bits per heavy atom. The molecule has 0 saturated heterocycles. The van der Waals surface area contributed by atoms with Crippen LogP contribution in [0.4, 0.5) is 0 Å². The number of rotatable bonds is 46. The molecular formula is C50H90NO10P. The van der Waals surface area contributed by atoms with Crippen molar-refractivity contribution in [3.05, 3.63) is 48.6 Å². The number of nitrogens with two attached hydrogens (primary N) is 1. The van der Waals surface area contributed by atoms with Crippen LogP contribution in [-0.2, 0) is 37.5 Å². The van der Waals surface area contributed by atoms with Gasteiger partial charge in [-0.05, 0) is 77.0 Å². The van der Waals surface area contributed by atoms with Crippen molar-refractivity contribution in [2.24, 2.45) is 5.73 Å². The highest BCUT2D eigenvalue weighted by Crippen LogP contribution is 2.43. The molecule has 0 fully saturated rings. The molecule has 0 saturated carbocycles. The van der Waals surface area contributed by atoms with Crippen molar-refractivity contribution >= 4 is 25.7 Å². The van der Waals surface area contributed by atoms with Crippen LogP contribution in [-0.4, -0.2) is 59.9 Å². The number of ether oxygens (including phenoxy) is 2. The lowest BCUT2D eigenvalue weighted by Gasteiger charge is -2.20. The van der Waals surface area contributed by atoms with Crippen LogP contribution in [0, 0.1) is 0 Å². The summed E-state index contributed by atoms with van der Waals surface area (Å²) in [5.41, 5.74) is 5.35. The first kappa shape index (κ1) is 59.4. The van der Waals surface area contributed by atoms with Crippen LogP contribution >= 0.6 is 7.82 Å². The van der Waals surface area contributed by atoms with Gasteiger partial charge in [-0.1, -0.05) is 178 Å². The van der Waals surface area contributed by atoms with Crippen LogP contribution in [0.15, 0.2) is 48.6 Å². The van der Waals surface area contributed by atoms with Crippen LogP contribution in [0.25, 0.3) is 0 Å². The van der Waals surface area contributed by atoms with Crippen LogP contribution in [0.5, 0.6) is 0 Å². The van der Waals surface area contributed by atoms with Gasteiger partial charge in [0.05, 0.1) is 13.2 Å². The summed E-state index contributed by atoms with van der Waals surface area (Å²) >= 11 is 0. The van der Waals surface area contributed by atoms with Crippen LogP contribution < -0.4 is 5.73 Å². The molecule has 12 heteroatoms. The van der Waals surface area contributed by atoms with Crippen molar-refractivity contribution in [2.45, 2.75) is 231 Å². The van der Waals surface area contributed by atoms with Crippen molar-refractivity contribution in [1.29, 1.82) is 0 Å². The fraction of sp³-hybridized carbons (Fsp3) is 0.780. The van der Waals surface area contributed by atoms with E-state index in [2.05, 4.69) is 67.0 Å². The summed E-state index contributed by atoms with van der Waals surface area (Å²) in [7, 11) is -4.72. The molecule has 0 aromatic rings. The molecule has 0 spiro atoms. The number of hydrogen-bond acceptors (Lipinski definition) is 9. The van der Waals surface area contributed by atoms with E-state index in [1.165, 1.54) is 116 Å². The van der Waals surface area contributed by atoms with Crippen LogP contribution in [0.2, 0.25) is 0 Å². The molecule has 0 amide bonds. The molecule has 0 aliphatic carbocycles. The second-order valence-electron chi connectivity index (χ2n) is 16.6. The van der Waals surface area contributed by atoms with Gasteiger partial charge in [-0.25, -0.2) is 4.57 Å². The van der Waals surface area contributed by atoms with E-state index in [-0.39, 0.29) is 19.4 Å². The molecule has 1 unspecified atom stereocenters. The molecule has 11 nitrogen and oxygen atoms in total. The predicted molar refractivity (Wildman–Crippen MR) is 254 cm³/mol. The zero-order chi connectivity index (χ0) is 45.6. The smallest absolute Gasteiger partial charge is 0.472 e. The lowest BCUT2D eigenvalue weighted by molar-refractivity contribution is -0.161. The Morgan fingerprint density at radius 2 is 0.855 bits per heavy atom. The lowest BCUT2D eigenvalue weighted by Crippen LogP contribution is -2.34. The monoisotopic (exact) mass is 896 g/mol. The highest BCUT2D eigenvalue weighted by Gasteiger charge is 2.28. The normalized spacial score (nSPS) is 14.0. The molecule has 0 aromatic heterocycles. The van der Waals surface area contributed by atoms with Gasteiger partial charge in [0.25, 0.3) is 0 Å². The van der Waals surface area contributed by atoms with E-state index in [1.807, 2.05) is 0 Å². The van der Waals surface area contributed by atoms with Gasteiger partial charge >= 0.3 is 25.7 Å². The number of phosphoric ester groups is 1. The average molecular weight is 896 g/mol. The summed E-state index contributed by atoms with van der Waals surface area (Å²) in [6, 6.07) is -1.52. The molecule has 4 N–H and O–H groups in total. The maximum atomic E-state index is 12.7. The van der Waals surface area contributed by atoms with Crippen molar-refractivity contribution in [2.75, 3.05) is 19.8 Å². The number of aliphatic carboxylic acids is 1. The topological polar surface area (TPSA) is 172 Å². The molecule has 0 aliphatic rings. The molecule has 62 heavy (non-hydrogen) atoms. The number of carboxylic acids is 1. The number of esters is 2. The number of carbonyl (C=O) groups excluding carboxylic acids is 2. The van der Waals surface area contributed by atoms with Gasteiger partial charge in [0.2, 0.25) is 0 Å². The Balaban J connectivity index is 4.28. The number of unbranched alkanes of at least 4 members (excludes halogenated alkanes) is 24. The minimum absolute atomic E-state index is 0.155. The van der Waals surface area contributed by atoms with Gasteiger partial charge in [0, 0.05) is 12.8 Å². The summed E-state index contributed by atoms with van der Waals surface area (Å²) < 4.78 is 32.8. The SMILES string of the molecule is CCCCC/C=C/C/C=C/CCCCCCCCCCCC(=O)OC[C@H](COP(=O)(O)OC[C@H](N)C(=O)O)OC(=O)CCCCCCCCCCC/C=C/C/C=C/CCCCC. The lowest BCUT2D eigenvalue weighted by atomic mass is 10.1. The van der Waals surface area contributed by atoms with Gasteiger partial charge in [-0.2, -0.15) is 0 Å². The van der Waals surface area contributed by atoms with E-state index in [1.54, 1.807) is 0 Å². The Bertz CT molecular complexity index is 1240. The van der Waals surface area contributed by atoms with Crippen LogP contribution in [0.1, 0.15) is 219 Å². The van der Waals surface area contributed by atoms with Gasteiger partial charge in [0.1, 0.15) is 12.6 Å². The summed E-state index contributed by atoms with van der Waals surface area (Å²) in [5.74, 6) is -2.38. The molecule has 3 atom stereocenters. The maximum absolute atomic E-state index is 12.7. The average Bonchev–Trinajstić information content (AvgIpc) is 3.25. The third kappa shape index (κ3) is 44.1. The molecule has 360 valence electrons. The first-order chi connectivity index (χ1) is 30.1. The number of hydrogen-bond donors (Lipinski definition) is 3. The molecule has 0 aromatic carbocycles. The fourth-order valence-electron chi connectivity index (χ4n) is 6.66. The van der Waals surface area contributed by atoms with E-state index in [9.17, 15) is 23.8 Å². The minimum Gasteiger partial charge on any atom is -0.480 e. The molecular weight excluding hydrogens is 806 g/mol. The largest absolute Gasteiger partial charge is 0.480 e. The van der Waals surface area contributed by atoms with Crippen molar-refractivity contribution < 1.29 is 47.5 Å². The Labute approximate surface area is 377 Å². The van der Waals surface area contributed by atoms with E-state index in [4.69, 9.17) is 24.8 Å². The predicted octanol–water partition coefficient (Wildman–Crippen LogP) is 13.7. The molecule has 0 rings (SSSR count). The number of carbonyl (C=O) groups is 3. The summed E-state index contributed by atoms with van der Waals surface area (Å²) in [5, 5.41) is 8.91. The summed E-state index contributed by atoms with van der Waals surface area (Å²) in [4.78, 5) is 46.1. The standard InChI is InChI=1S/C50H90NO10P/c1-3-5-7-9-11-13-15-17-19-21-23-25-27-29-31-33-35-37-39-41-48(52)58-43-46(44-59-62(56,57)60-45-47(51)50(54)55)61-49(53)42-40-38-36-34-32-30-28-26-24-22-20-18-16-14-12-10-8-6-4-2/h11-14,17-20,46-47H,3-10,15-16,21-45,51H2,1-2H3,(H,54,55)(H,56,57)/b13-11+,14-12+,19-17+,20-18+/t46-,47+/m1/s1. The minimum atomic E-state index is -4.72. The van der Waals surface area contributed by atoms with Gasteiger partial charge in [-0.15, -0.1) is 0 Å². The van der Waals surface area contributed by atoms with Crippen molar-refractivity contribution in [3.8, 4) is 0 Å². The van der Waals surface area contributed by atoms with Gasteiger partial charge < -0.3 is 25.2 Å². The van der Waals surface area contributed by atoms with E-state index in [0.29, 0.717) is 12.8 Å². The van der Waals surface area contributed by atoms with Gasteiger partial charge in [0.15, 0.2) is 6.10 Å². The summed E-state index contributed by atoms with van der Waals surface area (Å²) in [6.45, 7) is 2.77. The first-order valence-corrected chi connectivity index (χ1v) is 26.2. The second kappa shape index (κ2) is 45.0. The maximum Gasteiger partial charge on any atom is 0.472 e. The number of phosphoric acid groups is 1. The Morgan fingerprint density at radius 1 is 0.500 bits per heavy atom. The zero-order valence-electron chi connectivity index (χ0n) is 39.2. The first-order valence-electron chi connectivity index (χ1n) is 24.7. The number of allylic oxidation sites excluding steroid dienone is 8. The zero-order valence-corrected chi connectivity index (χ0v) is 40.1. The Hall–Kier alpha value is -2.56. The third-order valence-corrected chi connectivity index (χ3v) is 11.5. The Kier molecular flexibility index (Phi) is 43.2. The number of carboxylic acid groups (broad SMARTS) is 1. The highest BCUT2D eigenvalue weighted by molar-refractivity contribution is 7.47.